The van der Waals surface area contributed by atoms with E-state index < -0.39 is 6.04 Å². The molecule has 160 valence electrons. The molecule has 0 radical (unpaired) electrons. The van der Waals surface area contributed by atoms with Crippen molar-refractivity contribution in [2.24, 2.45) is 7.05 Å². The van der Waals surface area contributed by atoms with Crippen LogP contribution in [0.1, 0.15) is 22.1 Å². The quantitative estimate of drug-likeness (QED) is 0.442. The van der Waals surface area contributed by atoms with E-state index in [4.69, 9.17) is 0 Å². The maximum absolute atomic E-state index is 13.4. The van der Waals surface area contributed by atoms with Gasteiger partial charge in [-0.25, -0.2) is 4.98 Å². The van der Waals surface area contributed by atoms with Gasteiger partial charge in [-0.1, -0.05) is 54.6 Å². The van der Waals surface area contributed by atoms with Crippen LogP contribution in [0.4, 0.5) is 11.4 Å². The number of aromatic nitrogens is 2. The fourth-order valence-corrected chi connectivity index (χ4v) is 4.68. The first-order valence-corrected chi connectivity index (χ1v) is 10.8. The number of pyridine rings is 1. The molecule has 6 heteroatoms. The number of aryl methyl sites for hydroxylation is 1. The lowest BCUT2D eigenvalue weighted by molar-refractivity contribution is -0.119. The van der Waals surface area contributed by atoms with Gasteiger partial charge in [-0.3, -0.25) is 14.5 Å². The third-order valence-corrected chi connectivity index (χ3v) is 6.28. The fraction of sp³-hybridized carbons (Fsp3) is 0.0741. The number of carbonyl (C=O) groups is 2. The minimum absolute atomic E-state index is 0.193. The first-order valence-electron chi connectivity index (χ1n) is 10.8. The predicted octanol–water partition coefficient (Wildman–Crippen LogP) is 4.88. The average molecular weight is 432 g/mol. The molecule has 3 aromatic carbocycles. The number of anilines is 2. The van der Waals surface area contributed by atoms with E-state index in [1.807, 2.05) is 85.9 Å². The molecule has 6 nitrogen and oxygen atoms in total. The molecule has 1 atom stereocenters. The van der Waals surface area contributed by atoms with Gasteiger partial charge in [0.1, 0.15) is 11.7 Å². The number of nitrogens with zero attached hydrogens (tertiary/aromatic N) is 3. The predicted molar refractivity (Wildman–Crippen MR) is 128 cm³/mol. The summed E-state index contributed by atoms with van der Waals surface area (Å²) >= 11 is 0. The van der Waals surface area contributed by atoms with Crippen molar-refractivity contribution in [3.63, 3.8) is 0 Å². The van der Waals surface area contributed by atoms with Crippen LogP contribution >= 0.6 is 0 Å². The Kier molecular flexibility index (Phi) is 4.26. The van der Waals surface area contributed by atoms with Crippen molar-refractivity contribution in [2.45, 2.75) is 6.04 Å². The van der Waals surface area contributed by atoms with Gasteiger partial charge in [-0.05, 0) is 30.3 Å². The van der Waals surface area contributed by atoms with Gasteiger partial charge >= 0.3 is 0 Å². The molecule has 0 aliphatic carbocycles. The van der Waals surface area contributed by atoms with E-state index in [1.165, 1.54) is 0 Å². The zero-order chi connectivity index (χ0) is 22.5. The third-order valence-electron chi connectivity index (χ3n) is 6.28. The Hall–Kier alpha value is -4.45. The van der Waals surface area contributed by atoms with Gasteiger partial charge in [0.2, 0.25) is 0 Å². The lowest BCUT2D eigenvalue weighted by Crippen LogP contribution is -2.36. The molecule has 0 fully saturated rings. The smallest absolute Gasteiger partial charge is 0.270 e. The summed E-state index contributed by atoms with van der Waals surface area (Å²) in [4.78, 5) is 32.7. The van der Waals surface area contributed by atoms with Crippen LogP contribution in [-0.4, -0.2) is 21.4 Å². The Labute approximate surface area is 190 Å². The van der Waals surface area contributed by atoms with Crippen molar-refractivity contribution in [3.8, 4) is 0 Å². The number of carbonyl (C=O) groups excluding carboxylic acids is 2. The lowest BCUT2D eigenvalue weighted by Gasteiger charge is -2.18. The fourth-order valence-electron chi connectivity index (χ4n) is 4.68. The summed E-state index contributed by atoms with van der Waals surface area (Å²) in [5.74, 6) is -0.574. The van der Waals surface area contributed by atoms with Crippen molar-refractivity contribution >= 4 is 45.0 Å². The second kappa shape index (κ2) is 7.31. The summed E-state index contributed by atoms with van der Waals surface area (Å²) in [7, 11) is 1.98. The molecule has 1 aliphatic heterocycles. The molecular formula is C27H20N4O2. The summed E-state index contributed by atoms with van der Waals surface area (Å²) in [6.07, 6.45) is 1.71. The number of benzene rings is 3. The van der Waals surface area contributed by atoms with E-state index in [-0.39, 0.29) is 17.5 Å². The molecule has 0 spiro atoms. The van der Waals surface area contributed by atoms with Gasteiger partial charge < -0.3 is 9.88 Å². The van der Waals surface area contributed by atoms with Crippen molar-refractivity contribution in [1.29, 1.82) is 0 Å². The van der Waals surface area contributed by atoms with Gasteiger partial charge in [0.25, 0.3) is 11.8 Å². The highest BCUT2D eigenvalue weighted by atomic mass is 16.2. The van der Waals surface area contributed by atoms with Crippen LogP contribution in [0.5, 0.6) is 0 Å². The Balaban J connectivity index is 1.37. The topological polar surface area (TPSA) is 67.2 Å². The largest absolute Gasteiger partial charge is 0.342 e. The normalized spacial score (nSPS) is 15.2. The van der Waals surface area contributed by atoms with Gasteiger partial charge in [0.05, 0.1) is 17.4 Å². The molecule has 33 heavy (non-hydrogen) atoms. The van der Waals surface area contributed by atoms with Gasteiger partial charge in [0.15, 0.2) is 0 Å². The van der Waals surface area contributed by atoms with Crippen LogP contribution in [0.25, 0.3) is 21.8 Å². The Morgan fingerprint density at radius 3 is 2.45 bits per heavy atom. The molecule has 1 N–H and O–H groups in total. The van der Waals surface area contributed by atoms with E-state index >= 15 is 0 Å². The Morgan fingerprint density at radius 1 is 0.879 bits per heavy atom. The minimum atomic E-state index is -0.779. The summed E-state index contributed by atoms with van der Waals surface area (Å²) < 4.78 is 2.06. The highest BCUT2D eigenvalue weighted by molar-refractivity contribution is 6.13. The molecule has 1 aliphatic rings. The highest BCUT2D eigenvalue weighted by Gasteiger charge is 2.39. The molecule has 5 aromatic rings. The number of hydrogen-bond donors (Lipinski definition) is 1. The van der Waals surface area contributed by atoms with E-state index in [9.17, 15) is 9.59 Å². The molecule has 6 rings (SSSR count). The van der Waals surface area contributed by atoms with E-state index in [0.29, 0.717) is 0 Å². The summed E-state index contributed by atoms with van der Waals surface area (Å²) in [5, 5.41) is 4.94. The monoisotopic (exact) mass is 432 g/mol. The second-order valence-electron chi connectivity index (χ2n) is 8.14. The third kappa shape index (κ3) is 2.91. The molecule has 3 heterocycles. The molecule has 1 unspecified atom stereocenters. The van der Waals surface area contributed by atoms with Crippen molar-refractivity contribution < 1.29 is 9.59 Å². The SMILES string of the molecule is Cn1c2ccccc2c2cc(C(=O)NC3C(=O)N(c4ccccc4)c4ccccc43)ncc21. The molecule has 0 saturated carbocycles. The number of hydrogen-bond acceptors (Lipinski definition) is 3. The summed E-state index contributed by atoms with van der Waals surface area (Å²) in [5.41, 5.74) is 4.61. The van der Waals surface area contributed by atoms with Crippen molar-refractivity contribution in [1.82, 2.24) is 14.9 Å². The molecule has 2 amide bonds. The Morgan fingerprint density at radius 2 is 1.61 bits per heavy atom. The van der Waals surface area contributed by atoms with Gasteiger partial charge in [0, 0.05) is 34.6 Å². The maximum atomic E-state index is 13.4. The number of nitrogens with one attached hydrogen (secondary N) is 1. The van der Waals surface area contributed by atoms with Crippen LogP contribution in [0.2, 0.25) is 0 Å². The highest BCUT2D eigenvalue weighted by Crippen LogP contribution is 2.40. The number of amides is 2. The number of para-hydroxylation sites is 3. The van der Waals surface area contributed by atoms with E-state index in [1.54, 1.807) is 17.2 Å². The zero-order valence-electron chi connectivity index (χ0n) is 17.9. The maximum Gasteiger partial charge on any atom is 0.270 e. The van der Waals surface area contributed by atoms with Gasteiger partial charge in [-0.2, -0.15) is 0 Å². The molecule has 2 aromatic heterocycles. The summed E-state index contributed by atoms with van der Waals surface area (Å²) in [6, 6.07) is 26.1. The first-order chi connectivity index (χ1) is 16.1. The number of fused-ring (bicyclic) bond motifs is 4. The second-order valence-corrected chi connectivity index (χ2v) is 8.14. The lowest BCUT2D eigenvalue weighted by atomic mass is 10.1. The molecular weight excluding hydrogens is 412 g/mol. The summed E-state index contributed by atoms with van der Waals surface area (Å²) in [6.45, 7) is 0. The molecule has 0 bridgehead atoms. The standard InChI is InChI=1S/C27H20N4O2/c1-30-22-13-7-5-11-18(22)20-15-21(28-16-24(20)30)26(32)29-25-19-12-6-8-14-23(19)31(27(25)33)17-9-3-2-4-10-17/h2-16,25H,1H3,(H,29,32). The van der Waals surface area contributed by atoms with E-state index in [2.05, 4.69) is 14.9 Å². The van der Waals surface area contributed by atoms with Crippen LogP contribution < -0.4 is 10.2 Å². The zero-order valence-corrected chi connectivity index (χ0v) is 17.9. The molecule has 0 saturated heterocycles. The average Bonchev–Trinajstić information content (AvgIpc) is 3.30. The van der Waals surface area contributed by atoms with Crippen molar-refractivity contribution in [3.05, 3.63) is 102 Å². The van der Waals surface area contributed by atoms with Crippen LogP contribution in [0.15, 0.2) is 91.1 Å². The van der Waals surface area contributed by atoms with Gasteiger partial charge in [-0.15, -0.1) is 0 Å². The Bertz CT molecular complexity index is 1560. The van der Waals surface area contributed by atoms with Crippen LogP contribution in [0.3, 0.4) is 0 Å². The van der Waals surface area contributed by atoms with Crippen LogP contribution in [-0.2, 0) is 11.8 Å². The van der Waals surface area contributed by atoms with Crippen molar-refractivity contribution in [2.75, 3.05) is 4.90 Å². The van der Waals surface area contributed by atoms with Crippen LogP contribution in [0, 0.1) is 0 Å². The first kappa shape index (κ1) is 19.3. The minimum Gasteiger partial charge on any atom is -0.342 e. The van der Waals surface area contributed by atoms with E-state index in [0.717, 1.165) is 38.7 Å². The number of rotatable bonds is 3.